The molecule has 10 heteroatoms. The molecule has 2 heterocycles. The summed E-state index contributed by atoms with van der Waals surface area (Å²) in [6.07, 6.45) is 3.04. The number of rotatable bonds is 10. The van der Waals surface area contributed by atoms with Gasteiger partial charge in [-0.2, -0.15) is 0 Å². The van der Waals surface area contributed by atoms with Gasteiger partial charge in [0.15, 0.2) is 16.6 Å². The molecule has 1 amide bonds. The average Bonchev–Trinajstić information content (AvgIpc) is 3.45. The Bertz CT molecular complexity index is 1560. The topological polar surface area (TPSA) is 110 Å². The van der Waals surface area contributed by atoms with E-state index >= 15 is 4.39 Å². The highest BCUT2D eigenvalue weighted by atomic mass is 32.1. The van der Waals surface area contributed by atoms with Crippen LogP contribution in [-0.2, 0) is 28.0 Å². The molecule has 1 aromatic heterocycles. The molecule has 0 spiro atoms. The van der Waals surface area contributed by atoms with E-state index in [0.29, 0.717) is 46.5 Å². The number of hydrogen-bond donors (Lipinski definition) is 3. The Morgan fingerprint density at radius 1 is 1.15 bits per heavy atom. The summed E-state index contributed by atoms with van der Waals surface area (Å²) in [5.74, 6) is -0.242. The van der Waals surface area contributed by atoms with Crippen molar-refractivity contribution in [3.05, 3.63) is 88.7 Å². The van der Waals surface area contributed by atoms with Crippen LogP contribution in [0.3, 0.4) is 0 Å². The van der Waals surface area contributed by atoms with Gasteiger partial charge in [0.2, 0.25) is 5.91 Å². The van der Waals surface area contributed by atoms with Crippen LogP contribution in [-0.4, -0.2) is 35.6 Å². The first-order valence-electron chi connectivity index (χ1n) is 13.2. The highest BCUT2D eigenvalue weighted by molar-refractivity contribution is 7.13. The SMILES string of the molecule is COc1cc2c(cc1Oc1ccc(-c3ccc(CCC(=O)O)cc3)c(F)c1)C(C)(CC(=O)Nc1nccs1)NCC2. The molecule has 0 bridgehead atoms. The number of nitrogens with one attached hydrogen (secondary N) is 2. The first-order chi connectivity index (χ1) is 19.7. The number of carboxylic acids is 1. The number of carbonyl (C=O) groups is 2. The van der Waals surface area contributed by atoms with Gasteiger partial charge in [0.05, 0.1) is 7.11 Å². The Hall–Kier alpha value is -4.28. The molecular weight excluding hydrogens is 545 g/mol. The van der Waals surface area contributed by atoms with Gasteiger partial charge in [-0.1, -0.05) is 24.3 Å². The monoisotopic (exact) mass is 575 g/mol. The van der Waals surface area contributed by atoms with Crippen molar-refractivity contribution in [2.75, 3.05) is 19.0 Å². The molecule has 41 heavy (non-hydrogen) atoms. The number of hydrogen-bond acceptors (Lipinski definition) is 7. The van der Waals surface area contributed by atoms with Crippen molar-refractivity contribution in [2.45, 2.75) is 38.1 Å². The fourth-order valence-electron chi connectivity index (χ4n) is 5.08. The van der Waals surface area contributed by atoms with E-state index in [1.165, 1.54) is 17.4 Å². The summed E-state index contributed by atoms with van der Waals surface area (Å²) in [7, 11) is 1.56. The van der Waals surface area contributed by atoms with Crippen molar-refractivity contribution in [1.82, 2.24) is 10.3 Å². The lowest BCUT2D eigenvalue weighted by Gasteiger charge is -2.37. The van der Waals surface area contributed by atoms with E-state index in [4.69, 9.17) is 14.6 Å². The molecule has 1 aliphatic rings. The van der Waals surface area contributed by atoms with Gasteiger partial charge in [-0.3, -0.25) is 9.59 Å². The first-order valence-corrected chi connectivity index (χ1v) is 14.1. The number of nitrogens with zero attached hydrogens (tertiary/aromatic N) is 1. The number of amides is 1. The normalized spacial score (nSPS) is 16.1. The van der Waals surface area contributed by atoms with Crippen molar-refractivity contribution in [3.63, 3.8) is 0 Å². The minimum Gasteiger partial charge on any atom is -0.493 e. The minimum atomic E-state index is -0.857. The van der Waals surface area contributed by atoms with Crippen LogP contribution >= 0.6 is 11.3 Å². The molecule has 3 aromatic carbocycles. The van der Waals surface area contributed by atoms with E-state index in [1.54, 1.807) is 43.0 Å². The van der Waals surface area contributed by atoms with Crippen LogP contribution in [0.4, 0.5) is 9.52 Å². The van der Waals surface area contributed by atoms with Crippen LogP contribution in [0, 0.1) is 5.82 Å². The molecule has 1 aliphatic heterocycles. The minimum absolute atomic E-state index is 0.0426. The molecule has 5 rings (SSSR count). The number of benzene rings is 3. The van der Waals surface area contributed by atoms with Gasteiger partial charge >= 0.3 is 5.97 Å². The second-order valence-electron chi connectivity index (χ2n) is 10.1. The average molecular weight is 576 g/mol. The van der Waals surface area contributed by atoms with Gasteiger partial charge in [-0.15, -0.1) is 11.3 Å². The van der Waals surface area contributed by atoms with Gasteiger partial charge in [0.1, 0.15) is 11.6 Å². The van der Waals surface area contributed by atoms with Gasteiger partial charge < -0.3 is 25.2 Å². The molecule has 4 aromatic rings. The molecule has 3 N–H and O–H groups in total. The van der Waals surface area contributed by atoms with Crippen LogP contribution in [0.5, 0.6) is 17.2 Å². The van der Waals surface area contributed by atoms with Crippen LogP contribution < -0.4 is 20.1 Å². The molecule has 1 unspecified atom stereocenters. The van der Waals surface area contributed by atoms with Crippen LogP contribution in [0.25, 0.3) is 11.1 Å². The molecule has 1 atom stereocenters. The van der Waals surface area contributed by atoms with Gasteiger partial charge in [-0.25, -0.2) is 9.37 Å². The van der Waals surface area contributed by atoms with E-state index in [2.05, 4.69) is 15.6 Å². The summed E-state index contributed by atoms with van der Waals surface area (Å²) >= 11 is 1.36. The third-order valence-electron chi connectivity index (χ3n) is 7.15. The van der Waals surface area contributed by atoms with Crippen LogP contribution in [0.2, 0.25) is 0 Å². The maximum atomic E-state index is 15.2. The number of aromatic nitrogens is 1. The standard InChI is InChI=1S/C31H30FN3O5S/c1-31(18-28(36)35-30-33-13-14-41-30)24-17-27(26(39-2)15-21(24)11-12-34-31)40-22-8-9-23(25(32)16-22)20-6-3-19(4-7-20)5-10-29(37)38/h3-4,6-9,13-17,34H,5,10-12,18H2,1-2H3,(H,37,38)(H,33,35,36). The number of carbonyl (C=O) groups excluding carboxylic acids is 1. The zero-order chi connectivity index (χ0) is 29.0. The van der Waals surface area contributed by atoms with Crippen LogP contribution in [0.15, 0.2) is 66.2 Å². The third-order valence-corrected chi connectivity index (χ3v) is 7.84. The zero-order valence-corrected chi connectivity index (χ0v) is 23.5. The van der Waals surface area contributed by atoms with Crippen LogP contribution in [0.1, 0.15) is 36.5 Å². The fourth-order valence-corrected chi connectivity index (χ4v) is 5.63. The largest absolute Gasteiger partial charge is 0.493 e. The Morgan fingerprint density at radius 3 is 2.63 bits per heavy atom. The first kappa shape index (κ1) is 28.3. The smallest absolute Gasteiger partial charge is 0.303 e. The van der Waals surface area contributed by atoms with Crippen molar-refractivity contribution in [2.24, 2.45) is 0 Å². The van der Waals surface area contributed by atoms with Crippen molar-refractivity contribution < 1.29 is 28.6 Å². The van der Waals surface area contributed by atoms with E-state index in [-0.39, 0.29) is 18.7 Å². The third kappa shape index (κ3) is 6.55. The zero-order valence-electron chi connectivity index (χ0n) is 22.7. The lowest BCUT2D eigenvalue weighted by Crippen LogP contribution is -2.47. The van der Waals surface area contributed by atoms with E-state index in [0.717, 1.165) is 23.1 Å². The Kier molecular flexibility index (Phi) is 8.32. The Balaban J connectivity index is 1.37. The van der Waals surface area contributed by atoms with E-state index < -0.39 is 17.3 Å². The Labute approximate surface area is 241 Å². The van der Waals surface area contributed by atoms with Crippen molar-refractivity contribution >= 4 is 28.3 Å². The molecule has 0 radical (unpaired) electrons. The maximum Gasteiger partial charge on any atom is 0.303 e. The Morgan fingerprint density at radius 2 is 1.95 bits per heavy atom. The maximum absolute atomic E-state index is 15.2. The quantitative estimate of drug-likeness (QED) is 0.208. The summed E-state index contributed by atoms with van der Waals surface area (Å²) in [6.45, 7) is 2.68. The molecular formula is C31H30FN3O5S. The summed E-state index contributed by atoms with van der Waals surface area (Å²) in [5, 5.41) is 17.6. The highest BCUT2D eigenvalue weighted by Gasteiger charge is 2.35. The van der Waals surface area contributed by atoms with E-state index in [1.807, 2.05) is 31.2 Å². The second-order valence-corrected chi connectivity index (χ2v) is 11.0. The number of methoxy groups -OCH3 is 1. The number of halogens is 1. The number of aryl methyl sites for hydroxylation is 1. The van der Waals surface area contributed by atoms with Gasteiger partial charge in [0.25, 0.3) is 0 Å². The number of aliphatic carboxylic acids is 1. The number of fused-ring (bicyclic) bond motifs is 1. The second kappa shape index (κ2) is 12.1. The lowest BCUT2D eigenvalue weighted by molar-refractivity contribution is -0.137. The van der Waals surface area contributed by atoms with Gasteiger partial charge in [0, 0.05) is 48.1 Å². The van der Waals surface area contributed by atoms with Crippen molar-refractivity contribution in [3.8, 4) is 28.4 Å². The molecule has 212 valence electrons. The number of ether oxygens (including phenoxy) is 2. The van der Waals surface area contributed by atoms with Crippen molar-refractivity contribution in [1.29, 1.82) is 0 Å². The lowest BCUT2D eigenvalue weighted by atomic mass is 9.81. The molecule has 8 nitrogen and oxygen atoms in total. The predicted octanol–water partition coefficient (Wildman–Crippen LogP) is 6.16. The number of thiazole rings is 1. The summed E-state index contributed by atoms with van der Waals surface area (Å²) in [6, 6.07) is 15.6. The summed E-state index contributed by atoms with van der Waals surface area (Å²) < 4.78 is 27.0. The van der Waals surface area contributed by atoms with E-state index in [9.17, 15) is 9.59 Å². The number of carboxylic acid groups (broad SMARTS) is 1. The molecule has 0 saturated carbocycles. The number of anilines is 1. The molecule has 0 saturated heterocycles. The summed E-state index contributed by atoms with van der Waals surface area (Å²) in [5.41, 5.74) is 3.25. The summed E-state index contributed by atoms with van der Waals surface area (Å²) in [4.78, 5) is 27.8. The van der Waals surface area contributed by atoms with Gasteiger partial charge in [-0.05, 0) is 66.3 Å². The molecule has 0 aliphatic carbocycles. The highest BCUT2D eigenvalue weighted by Crippen LogP contribution is 2.41. The fraction of sp³-hybridized carbons (Fsp3) is 0.258. The molecule has 0 fully saturated rings. The predicted molar refractivity (Wildman–Crippen MR) is 155 cm³/mol.